The minimum absolute atomic E-state index is 0.188. The zero-order valence-corrected chi connectivity index (χ0v) is 15.1. The number of benzene rings is 1. The maximum atomic E-state index is 13.8. The number of fused-ring (bicyclic) bond motifs is 1. The number of halogens is 2. The van der Waals surface area contributed by atoms with Crippen LogP contribution in [-0.4, -0.2) is 34.1 Å². The van der Waals surface area contributed by atoms with E-state index in [1.807, 2.05) is 0 Å². The lowest BCUT2D eigenvalue weighted by Crippen LogP contribution is -2.22. The summed E-state index contributed by atoms with van der Waals surface area (Å²) < 4.78 is 27.8. The van der Waals surface area contributed by atoms with Gasteiger partial charge in [0.05, 0.1) is 0 Å². The average Bonchev–Trinajstić information content (AvgIpc) is 3.25. The number of aromatic nitrogens is 3. The monoisotopic (exact) mass is 395 g/mol. The van der Waals surface area contributed by atoms with E-state index in [-0.39, 0.29) is 22.2 Å². The number of nitrogens with zero attached hydrogens (tertiary/aromatic N) is 2. The van der Waals surface area contributed by atoms with Crippen molar-refractivity contribution in [3.05, 3.63) is 45.1 Å². The van der Waals surface area contributed by atoms with E-state index in [1.165, 1.54) is 23.9 Å². The fraction of sp³-hybridized carbons (Fsp3) is 0.312. The Morgan fingerprint density at radius 1 is 1.35 bits per heavy atom. The van der Waals surface area contributed by atoms with Gasteiger partial charge in [-0.25, -0.2) is 18.7 Å². The van der Waals surface area contributed by atoms with Gasteiger partial charge in [-0.1, -0.05) is 35.2 Å². The van der Waals surface area contributed by atoms with Crippen LogP contribution in [0.1, 0.15) is 12.0 Å². The van der Waals surface area contributed by atoms with E-state index in [2.05, 4.69) is 25.6 Å². The number of nitrogens with one attached hydrogen (secondary N) is 3. The highest BCUT2D eigenvalue weighted by atomic mass is 32.2. The number of H-pyrrole nitrogens is 1. The van der Waals surface area contributed by atoms with Crippen LogP contribution in [0, 0.1) is 11.6 Å². The van der Waals surface area contributed by atoms with Crippen LogP contribution in [0.3, 0.4) is 0 Å². The summed E-state index contributed by atoms with van der Waals surface area (Å²) in [6.45, 7) is 1.75. The van der Waals surface area contributed by atoms with Gasteiger partial charge in [-0.05, 0) is 19.0 Å². The maximum Gasteiger partial charge on any atom is 0.306 e. The quantitative estimate of drug-likeness (QED) is 0.455. The van der Waals surface area contributed by atoms with Crippen molar-refractivity contribution >= 4 is 39.3 Å². The van der Waals surface area contributed by atoms with Crippen LogP contribution >= 0.6 is 23.1 Å². The summed E-state index contributed by atoms with van der Waals surface area (Å²) in [6.07, 6.45) is 0.960. The van der Waals surface area contributed by atoms with Gasteiger partial charge in [-0.15, -0.1) is 0 Å². The van der Waals surface area contributed by atoms with Crippen molar-refractivity contribution in [3.8, 4) is 0 Å². The highest BCUT2D eigenvalue weighted by Crippen LogP contribution is 2.28. The van der Waals surface area contributed by atoms with Crippen LogP contribution in [0.2, 0.25) is 0 Å². The smallest absolute Gasteiger partial charge is 0.306 e. The van der Waals surface area contributed by atoms with Crippen molar-refractivity contribution in [3.63, 3.8) is 0 Å². The molecular formula is C16H15F2N5OS2. The predicted molar refractivity (Wildman–Crippen MR) is 98.9 cm³/mol. The Hall–Kier alpha value is -2.04. The minimum atomic E-state index is -0.877. The summed E-state index contributed by atoms with van der Waals surface area (Å²) >= 11 is 2.24. The van der Waals surface area contributed by atoms with Crippen LogP contribution in [0.5, 0.6) is 0 Å². The standard InChI is InChI=1S/C16H15F2N5OS2/c17-10-3-1-2-8(11(10)18)7-25-15-21-13(20-9-4-5-19-6-9)12-14(22-15)23-16(24)26-12/h1-3,9,19H,4-7H2,(H2,20,21,22,23,24). The van der Waals surface area contributed by atoms with Gasteiger partial charge in [-0.3, -0.25) is 9.78 Å². The molecule has 3 aromatic rings. The molecule has 0 spiro atoms. The van der Waals surface area contributed by atoms with Crippen molar-refractivity contribution in [2.45, 2.75) is 23.4 Å². The number of thioether (sulfide) groups is 1. The zero-order chi connectivity index (χ0) is 18.1. The fourth-order valence-electron chi connectivity index (χ4n) is 2.76. The van der Waals surface area contributed by atoms with Crippen molar-refractivity contribution < 1.29 is 8.78 Å². The summed E-state index contributed by atoms with van der Waals surface area (Å²) in [4.78, 5) is 23.0. The van der Waals surface area contributed by atoms with E-state index in [1.54, 1.807) is 0 Å². The molecule has 3 heterocycles. The van der Waals surface area contributed by atoms with Crippen LogP contribution in [-0.2, 0) is 5.75 Å². The first-order chi connectivity index (χ1) is 12.6. The van der Waals surface area contributed by atoms with E-state index in [9.17, 15) is 13.6 Å². The molecule has 10 heteroatoms. The molecule has 2 aromatic heterocycles. The first-order valence-electron chi connectivity index (χ1n) is 8.04. The number of hydrogen-bond acceptors (Lipinski definition) is 7. The van der Waals surface area contributed by atoms with E-state index in [0.29, 0.717) is 21.3 Å². The van der Waals surface area contributed by atoms with Crippen LogP contribution in [0.25, 0.3) is 10.3 Å². The van der Waals surface area contributed by atoms with Gasteiger partial charge in [0, 0.05) is 23.9 Å². The summed E-state index contributed by atoms with van der Waals surface area (Å²) in [5.74, 6) is -0.958. The molecule has 4 rings (SSSR count). The lowest BCUT2D eigenvalue weighted by Gasteiger charge is -2.13. The maximum absolute atomic E-state index is 13.8. The molecule has 0 aliphatic carbocycles. The van der Waals surface area contributed by atoms with Crippen molar-refractivity contribution in [1.29, 1.82) is 0 Å². The third-order valence-corrected chi connectivity index (χ3v) is 5.82. The van der Waals surface area contributed by atoms with Crippen molar-refractivity contribution in [2.24, 2.45) is 0 Å². The summed E-state index contributed by atoms with van der Waals surface area (Å²) in [7, 11) is 0. The van der Waals surface area contributed by atoms with Gasteiger partial charge in [0.15, 0.2) is 28.3 Å². The molecule has 1 aliphatic heterocycles. The molecule has 1 saturated heterocycles. The van der Waals surface area contributed by atoms with Crippen LogP contribution < -0.4 is 15.5 Å². The topological polar surface area (TPSA) is 82.7 Å². The van der Waals surface area contributed by atoms with E-state index in [4.69, 9.17) is 0 Å². The van der Waals surface area contributed by atoms with Gasteiger partial charge < -0.3 is 10.6 Å². The molecule has 0 amide bonds. The molecule has 1 atom stereocenters. The molecule has 0 radical (unpaired) electrons. The molecule has 0 saturated carbocycles. The lowest BCUT2D eigenvalue weighted by molar-refractivity contribution is 0.502. The van der Waals surface area contributed by atoms with Gasteiger partial charge >= 0.3 is 4.87 Å². The fourth-order valence-corrected chi connectivity index (χ4v) is 4.31. The van der Waals surface area contributed by atoms with Crippen molar-refractivity contribution in [1.82, 2.24) is 20.3 Å². The molecule has 1 aromatic carbocycles. The molecule has 136 valence electrons. The Morgan fingerprint density at radius 2 is 2.23 bits per heavy atom. The highest BCUT2D eigenvalue weighted by Gasteiger charge is 2.19. The third-order valence-electron chi connectivity index (χ3n) is 4.05. The first kappa shape index (κ1) is 17.4. The Morgan fingerprint density at radius 3 is 3.04 bits per heavy atom. The second-order valence-electron chi connectivity index (χ2n) is 5.88. The van der Waals surface area contributed by atoms with E-state index in [0.717, 1.165) is 36.9 Å². The number of anilines is 1. The Labute approximate surface area is 155 Å². The predicted octanol–water partition coefficient (Wildman–Crippen LogP) is 2.72. The summed E-state index contributed by atoms with van der Waals surface area (Å²) in [5, 5.41) is 7.00. The second-order valence-corrected chi connectivity index (χ2v) is 7.81. The largest absolute Gasteiger partial charge is 0.365 e. The van der Waals surface area contributed by atoms with Crippen LogP contribution in [0.15, 0.2) is 28.2 Å². The molecule has 0 bridgehead atoms. The van der Waals surface area contributed by atoms with Gasteiger partial charge in [0.1, 0.15) is 4.70 Å². The normalized spacial score (nSPS) is 17.1. The van der Waals surface area contributed by atoms with Gasteiger partial charge in [0.2, 0.25) is 0 Å². The molecule has 26 heavy (non-hydrogen) atoms. The molecular weight excluding hydrogens is 380 g/mol. The number of aromatic amines is 1. The third kappa shape index (κ3) is 3.57. The SMILES string of the molecule is O=c1[nH]c2nc(SCc3cccc(F)c3F)nc(NC3CCNC3)c2s1. The minimum Gasteiger partial charge on any atom is -0.365 e. The van der Waals surface area contributed by atoms with Crippen LogP contribution in [0.4, 0.5) is 14.6 Å². The Kier molecular flexibility index (Phi) is 4.88. The molecule has 1 unspecified atom stereocenters. The van der Waals surface area contributed by atoms with Gasteiger partial charge in [-0.2, -0.15) is 0 Å². The Bertz CT molecular complexity index is 1000. The summed E-state index contributed by atoms with van der Waals surface area (Å²) in [6, 6.07) is 4.30. The lowest BCUT2D eigenvalue weighted by atomic mass is 10.2. The van der Waals surface area contributed by atoms with Gasteiger partial charge in [0.25, 0.3) is 0 Å². The van der Waals surface area contributed by atoms with E-state index >= 15 is 0 Å². The highest BCUT2D eigenvalue weighted by molar-refractivity contribution is 7.98. The molecule has 6 nitrogen and oxygen atoms in total. The first-order valence-corrected chi connectivity index (χ1v) is 9.84. The van der Waals surface area contributed by atoms with Crippen molar-refractivity contribution in [2.75, 3.05) is 18.4 Å². The Balaban J connectivity index is 1.62. The zero-order valence-electron chi connectivity index (χ0n) is 13.5. The number of thiazole rings is 1. The number of rotatable bonds is 5. The molecule has 1 fully saturated rings. The molecule has 3 N–H and O–H groups in total. The molecule has 1 aliphatic rings. The number of hydrogen-bond donors (Lipinski definition) is 3. The average molecular weight is 395 g/mol. The van der Waals surface area contributed by atoms with E-state index < -0.39 is 11.6 Å². The summed E-state index contributed by atoms with van der Waals surface area (Å²) in [5.41, 5.74) is 0.692. The second kappa shape index (κ2) is 7.29.